The summed E-state index contributed by atoms with van der Waals surface area (Å²) in [7, 11) is 1.52. The van der Waals surface area contributed by atoms with Crippen LogP contribution in [0.15, 0.2) is 22.7 Å². The van der Waals surface area contributed by atoms with E-state index in [1.807, 2.05) is 30.0 Å². The van der Waals surface area contributed by atoms with E-state index in [4.69, 9.17) is 4.74 Å². The van der Waals surface area contributed by atoms with E-state index < -0.39 is 0 Å². The van der Waals surface area contributed by atoms with E-state index in [1.54, 1.807) is 4.90 Å². The van der Waals surface area contributed by atoms with Crippen LogP contribution in [0.2, 0.25) is 0 Å². The molecule has 2 amide bonds. The first-order chi connectivity index (χ1) is 11.0. The molecule has 0 bridgehead atoms. The minimum atomic E-state index is -0.0498. The van der Waals surface area contributed by atoms with E-state index >= 15 is 0 Å². The van der Waals surface area contributed by atoms with E-state index in [0.717, 1.165) is 15.7 Å². The first kappa shape index (κ1) is 17.9. The average molecular weight is 384 g/mol. The lowest BCUT2D eigenvalue weighted by Crippen LogP contribution is -2.51. The van der Waals surface area contributed by atoms with Crippen LogP contribution in [0.3, 0.4) is 0 Å². The largest absolute Gasteiger partial charge is 0.375 e. The molecule has 2 rings (SSSR count). The highest BCUT2D eigenvalue weighted by Gasteiger charge is 2.22. The first-order valence-corrected chi connectivity index (χ1v) is 8.34. The second-order valence-corrected chi connectivity index (χ2v) is 6.48. The number of hydrogen-bond acceptors (Lipinski definition) is 4. The molecule has 126 valence electrons. The number of carbonyl (C=O) groups is 2. The predicted molar refractivity (Wildman–Crippen MR) is 92.4 cm³/mol. The van der Waals surface area contributed by atoms with Crippen LogP contribution >= 0.6 is 15.9 Å². The third-order valence-electron chi connectivity index (χ3n) is 3.76. The Bertz CT molecular complexity index is 572. The van der Waals surface area contributed by atoms with E-state index in [-0.39, 0.29) is 18.4 Å². The maximum atomic E-state index is 12.2. The number of methoxy groups -OCH3 is 1. The summed E-state index contributed by atoms with van der Waals surface area (Å²) < 4.78 is 5.74. The van der Waals surface area contributed by atoms with Gasteiger partial charge in [-0.25, -0.2) is 0 Å². The number of carbonyl (C=O) groups excluding carboxylic acids is 2. The van der Waals surface area contributed by atoms with Crippen LogP contribution in [-0.4, -0.2) is 68.1 Å². The molecule has 0 spiro atoms. The fourth-order valence-electron chi connectivity index (χ4n) is 2.48. The number of hydrogen-bond donors (Lipinski definition) is 1. The van der Waals surface area contributed by atoms with Gasteiger partial charge in [-0.15, -0.1) is 0 Å². The number of anilines is 1. The monoisotopic (exact) mass is 383 g/mol. The summed E-state index contributed by atoms with van der Waals surface area (Å²) in [5, 5.41) is 2.91. The lowest BCUT2D eigenvalue weighted by molar-refractivity contribution is -0.137. The molecule has 23 heavy (non-hydrogen) atoms. The van der Waals surface area contributed by atoms with Crippen molar-refractivity contribution >= 4 is 33.4 Å². The highest BCUT2D eigenvalue weighted by Crippen LogP contribution is 2.23. The molecule has 1 fully saturated rings. The summed E-state index contributed by atoms with van der Waals surface area (Å²) in [6.45, 7) is 5.08. The van der Waals surface area contributed by atoms with Crippen molar-refractivity contribution in [2.24, 2.45) is 0 Å². The van der Waals surface area contributed by atoms with Crippen molar-refractivity contribution in [3.05, 3.63) is 28.2 Å². The normalized spacial score (nSPS) is 15.5. The van der Waals surface area contributed by atoms with Gasteiger partial charge in [-0.2, -0.15) is 0 Å². The van der Waals surface area contributed by atoms with Crippen LogP contribution in [0.4, 0.5) is 5.69 Å². The third-order valence-corrected chi connectivity index (χ3v) is 4.41. The van der Waals surface area contributed by atoms with Crippen molar-refractivity contribution < 1.29 is 14.3 Å². The van der Waals surface area contributed by atoms with Crippen molar-refractivity contribution in [1.29, 1.82) is 0 Å². The average Bonchev–Trinajstić information content (AvgIpc) is 2.51. The summed E-state index contributed by atoms with van der Waals surface area (Å²) in [4.78, 5) is 27.7. The Hall–Kier alpha value is -1.44. The van der Waals surface area contributed by atoms with Gasteiger partial charge < -0.3 is 15.0 Å². The molecule has 1 saturated heterocycles. The zero-order valence-corrected chi connectivity index (χ0v) is 15.1. The molecule has 0 unspecified atom stereocenters. The Morgan fingerprint density at radius 3 is 2.57 bits per heavy atom. The minimum absolute atomic E-state index is 0.000174. The van der Waals surface area contributed by atoms with Crippen molar-refractivity contribution in [2.45, 2.75) is 6.92 Å². The van der Waals surface area contributed by atoms with Gasteiger partial charge in [0.15, 0.2) is 0 Å². The van der Waals surface area contributed by atoms with Crippen molar-refractivity contribution in [3.63, 3.8) is 0 Å². The molecule has 1 aromatic rings. The highest BCUT2D eigenvalue weighted by atomic mass is 79.9. The van der Waals surface area contributed by atoms with Gasteiger partial charge in [0.05, 0.1) is 12.2 Å². The van der Waals surface area contributed by atoms with Gasteiger partial charge in [0.25, 0.3) is 0 Å². The molecule has 1 aliphatic rings. The number of nitrogens with zero attached hydrogens (tertiary/aromatic N) is 2. The number of aryl methyl sites for hydroxylation is 1. The molecule has 1 aliphatic heterocycles. The fraction of sp³-hybridized carbons (Fsp3) is 0.500. The summed E-state index contributed by atoms with van der Waals surface area (Å²) >= 11 is 3.45. The highest BCUT2D eigenvalue weighted by molar-refractivity contribution is 9.10. The molecule has 0 aromatic heterocycles. The summed E-state index contributed by atoms with van der Waals surface area (Å²) in [6.07, 6.45) is 0. The SMILES string of the molecule is COCC(=O)N1CCN(CC(=O)Nc2ccc(C)cc2Br)CC1. The molecule has 7 heteroatoms. The number of rotatable bonds is 5. The van der Waals surface area contributed by atoms with E-state index in [9.17, 15) is 9.59 Å². The number of nitrogens with one attached hydrogen (secondary N) is 1. The number of piperazine rings is 1. The second-order valence-electron chi connectivity index (χ2n) is 5.62. The van der Waals surface area contributed by atoms with Gasteiger partial charge in [0.2, 0.25) is 11.8 Å². The van der Waals surface area contributed by atoms with Crippen LogP contribution in [-0.2, 0) is 14.3 Å². The standard InChI is InChI=1S/C16H22BrN3O3/c1-12-3-4-14(13(17)9-12)18-15(21)10-19-5-7-20(8-6-19)16(22)11-23-2/h3-4,9H,5-8,10-11H2,1-2H3,(H,18,21). The number of halogens is 1. The van der Waals surface area contributed by atoms with Gasteiger partial charge in [-0.1, -0.05) is 6.07 Å². The van der Waals surface area contributed by atoms with E-state index in [1.165, 1.54) is 7.11 Å². The minimum Gasteiger partial charge on any atom is -0.375 e. The Labute approximate surface area is 144 Å². The van der Waals surface area contributed by atoms with E-state index in [2.05, 4.69) is 21.2 Å². The Morgan fingerprint density at radius 1 is 1.26 bits per heavy atom. The van der Waals surface area contributed by atoms with Crippen LogP contribution in [0, 0.1) is 6.92 Å². The van der Waals surface area contributed by atoms with Gasteiger partial charge in [0.1, 0.15) is 6.61 Å². The summed E-state index contributed by atoms with van der Waals surface area (Å²) in [5.74, 6) is -0.0496. The van der Waals surface area contributed by atoms with E-state index in [0.29, 0.717) is 32.7 Å². The predicted octanol–water partition coefficient (Wildman–Crippen LogP) is 1.49. The van der Waals surface area contributed by atoms with Gasteiger partial charge in [0, 0.05) is 37.8 Å². The quantitative estimate of drug-likeness (QED) is 0.836. The molecule has 1 heterocycles. The van der Waals surface area contributed by atoms with Gasteiger partial charge in [-0.05, 0) is 40.5 Å². The molecule has 6 nitrogen and oxygen atoms in total. The van der Waals surface area contributed by atoms with Crippen LogP contribution in [0.5, 0.6) is 0 Å². The Morgan fingerprint density at radius 2 is 1.96 bits per heavy atom. The molecule has 1 aromatic carbocycles. The smallest absolute Gasteiger partial charge is 0.248 e. The lowest BCUT2D eigenvalue weighted by Gasteiger charge is -2.34. The maximum absolute atomic E-state index is 12.2. The van der Waals surface area contributed by atoms with Crippen LogP contribution < -0.4 is 5.32 Å². The second kappa shape index (κ2) is 8.42. The lowest BCUT2D eigenvalue weighted by atomic mass is 10.2. The van der Waals surface area contributed by atoms with Gasteiger partial charge in [-0.3, -0.25) is 14.5 Å². The van der Waals surface area contributed by atoms with Gasteiger partial charge >= 0.3 is 0 Å². The molecule has 0 saturated carbocycles. The zero-order valence-electron chi connectivity index (χ0n) is 13.5. The maximum Gasteiger partial charge on any atom is 0.248 e. The van der Waals surface area contributed by atoms with Crippen molar-refractivity contribution in [3.8, 4) is 0 Å². The van der Waals surface area contributed by atoms with Crippen molar-refractivity contribution in [2.75, 3.05) is 51.8 Å². The number of ether oxygens (including phenoxy) is 1. The summed E-state index contributed by atoms with van der Waals surface area (Å²) in [6, 6.07) is 5.81. The van der Waals surface area contributed by atoms with Crippen molar-refractivity contribution in [1.82, 2.24) is 9.80 Å². The Balaban J connectivity index is 1.79. The fourth-order valence-corrected chi connectivity index (χ4v) is 3.08. The third kappa shape index (κ3) is 5.30. The molecule has 0 atom stereocenters. The number of amides is 2. The number of benzene rings is 1. The first-order valence-electron chi connectivity index (χ1n) is 7.54. The molecular formula is C16H22BrN3O3. The molecule has 1 N–H and O–H groups in total. The molecule has 0 radical (unpaired) electrons. The molecular weight excluding hydrogens is 362 g/mol. The Kier molecular flexibility index (Phi) is 6.56. The zero-order chi connectivity index (χ0) is 16.8. The van der Waals surface area contributed by atoms with Crippen LogP contribution in [0.1, 0.15) is 5.56 Å². The van der Waals surface area contributed by atoms with Crippen LogP contribution in [0.25, 0.3) is 0 Å². The molecule has 0 aliphatic carbocycles. The topological polar surface area (TPSA) is 61.9 Å². The summed E-state index contributed by atoms with van der Waals surface area (Å²) in [5.41, 5.74) is 1.90.